The summed E-state index contributed by atoms with van der Waals surface area (Å²) in [6.07, 6.45) is 7.52. The molecule has 1 heterocycles. The molecular formula is C20H24N4O4. The normalized spacial score (nSPS) is 15.5. The smallest absolute Gasteiger partial charge is 0.338 e. The van der Waals surface area contributed by atoms with E-state index >= 15 is 0 Å². The highest BCUT2D eigenvalue weighted by molar-refractivity contribution is 5.98. The van der Waals surface area contributed by atoms with Gasteiger partial charge in [-0.05, 0) is 50.1 Å². The maximum atomic E-state index is 12.2. The second-order valence-corrected chi connectivity index (χ2v) is 6.84. The maximum absolute atomic E-state index is 12.2. The van der Waals surface area contributed by atoms with Crippen molar-refractivity contribution >= 4 is 17.9 Å². The number of benzene rings is 1. The lowest BCUT2D eigenvalue weighted by Crippen LogP contribution is -2.48. The van der Waals surface area contributed by atoms with Crippen LogP contribution in [0.5, 0.6) is 0 Å². The number of carbonyl (C=O) groups excluding carboxylic acids is 3. The number of urea groups is 1. The van der Waals surface area contributed by atoms with Crippen molar-refractivity contribution in [1.29, 1.82) is 0 Å². The van der Waals surface area contributed by atoms with Gasteiger partial charge >= 0.3 is 12.0 Å². The third-order valence-corrected chi connectivity index (χ3v) is 4.70. The number of nitrogens with one attached hydrogen (secondary N) is 2. The number of esters is 1. The molecule has 0 radical (unpaired) electrons. The van der Waals surface area contributed by atoms with E-state index in [1.165, 1.54) is 13.3 Å². The molecule has 148 valence electrons. The molecule has 1 unspecified atom stereocenters. The number of amides is 3. The number of hydrogen-bond donors (Lipinski definition) is 2. The number of rotatable bonds is 5. The fourth-order valence-corrected chi connectivity index (χ4v) is 3.14. The Morgan fingerprint density at radius 3 is 2.50 bits per heavy atom. The summed E-state index contributed by atoms with van der Waals surface area (Å²) in [7, 11) is 0. The Balaban J connectivity index is 1.48. The van der Waals surface area contributed by atoms with Gasteiger partial charge < -0.3 is 10.1 Å². The van der Waals surface area contributed by atoms with Gasteiger partial charge in [0.1, 0.15) is 0 Å². The van der Waals surface area contributed by atoms with Crippen LogP contribution in [-0.4, -0.2) is 39.8 Å². The van der Waals surface area contributed by atoms with Crippen LogP contribution in [0.1, 0.15) is 49.4 Å². The summed E-state index contributed by atoms with van der Waals surface area (Å²) in [5.74, 6) is -1.29. The summed E-state index contributed by atoms with van der Waals surface area (Å²) in [6.45, 7) is 1.43. The molecule has 0 bridgehead atoms. The summed E-state index contributed by atoms with van der Waals surface area (Å²) < 4.78 is 6.83. The molecule has 0 aliphatic heterocycles. The Morgan fingerprint density at radius 1 is 1.14 bits per heavy atom. The molecule has 1 aromatic carbocycles. The molecule has 3 rings (SSSR count). The first-order valence-electron chi connectivity index (χ1n) is 9.45. The van der Waals surface area contributed by atoms with E-state index in [4.69, 9.17) is 4.74 Å². The molecule has 28 heavy (non-hydrogen) atoms. The van der Waals surface area contributed by atoms with Crippen molar-refractivity contribution in [3.63, 3.8) is 0 Å². The fourth-order valence-electron chi connectivity index (χ4n) is 3.14. The molecule has 1 fully saturated rings. The second kappa shape index (κ2) is 9.16. The van der Waals surface area contributed by atoms with Crippen LogP contribution in [0.4, 0.5) is 4.79 Å². The zero-order chi connectivity index (χ0) is 19.9. The number of hydrogen-bond acceptors (Lipinski definition) is 5. The first-order chi connectivity index (χ1) is 13.5. The molecule has 1 aliphatic rings. The van der Waals surface area contributed by atoms with E-state index in [1.807, 2.05) is 0 Å². The van der Waals surface area contributed by atoms with Gasteiger partial charge in [0.05, 0.1) is 11.3 Å². The lowest BCUT2D eigenvalue weighted by molar-refractivity contribution is -0.127. The van der Waals surface area contributed by atoms with Gasteiger partial charge in [-0.1, -0.05) is 19.3 Å². The molecule has 3 amide bonds. The summed E-state index contributed by atoms with van der Waals surface area (Å²) in [5.41, 5.74) is 1.11. The monoisotopic (exact) mass is 384 g/mol. The topological polar surface area (TPSA) is 102 Å². The van der Waals surface area contributed by atoms with Gasteiger partial charge in [-0.3, -0.25) is 10.1 Å². The van der Waals surface area contributed by atoms with E-state index in [0.717, 1.165) is 31.4 Å². The minimum atomic E-state index is -1.09. The Kier molecular flexibility index (Phi) is 6.41. The zero-order valence-electron chi connectivity index (χ0n) is 15.8. The van der Waals surface area contributed by atoms with E-state index in [9.17, 15) is 14.4 Å². The zero-order valence-corrected chi connectivity index (χ0v) is 15.8. The Bertz CT molecular complexity index is 811. The highest BCUT2D eigenvalue weighted by atomic mass is 16.5. The molecule has 1 atom stereocenters. The average Bonchev–Trinajstić information content (AvgIpc) is 3.23. The van der Waals surface area contributed by atoms with Gasteiger partial charge in [-0.15, -0.1) is 0 Å². The predicted octanol–water partition coefficient (Wildman–Crippen LogP) is 2.58. The predicted molar refractivity (Wildman–Crippen MR) is 102 cm³/mol. The van der Waals surface area contributed by atoms with Crippen LogP contribution < -0.4 is 10.6 Å². The highest BCUT2D eigenvalue weighted by Gasteiger charge is 2.22. The van der Waals surface area contributed by atoms with Gasteiger partial charge in [0.15, 0.2) is 6.10 Å². The molecule has 0 saturated heterocycles. The van der Waals surface area contributed by atoms with Crippen LogP contribution in [0, 0.1) is 0 Å². The van der Waals surface area contributed by atoms with Crippen LogP contribution in [0.15, 0.2) is 42.7 Å². The van der Waals surface area contributed by atoms with E-state index < -0.39 is 24.0 Å². The molecule has 0 spiro atoms. The molecule has 8 heteroatoms. The highest BCUT2D eigenvalue weighted by Crippen LogP contribution is 2.17. The van der Waals surface area contributed by atoms with Crippen molar-refractivity contribution < 1.29 is 19.1 Å². The molecule has 2 aromatic rings. The van der Waals surface area contributed by atoms with Crippen molar-refractivity contribution in [2.75, 3.05) is 0 Å². The van der Waals surface area contributed by atoms with Crippen LogP contribution in [0.25, 0.3) is 5.69 Å². The van der Waals surface area contributed by atoms with Crippen molar-refractivity contribution in [2.24, 2.45) is 0 Å². The van der Waals surface area contributed by atoms with Crippen LogP contribution in [0.2, 0.25) is 0 Å². The van der Waals surface area contributed by atoms with Gasteiger partial charge in [-0.25, -0.2) is 14.3 Å². The number of carbonyl (C=O) groups is 3. The van der Waals surface area contributed by atoms with Gasteiger partial charge in [0.25, 0.3) is 5.91 Å². The van der Waals surface area contributed by atoms with Crippen molar-refractivity contribution in [1.82, 2.24) is 20.4 Å². The minimum absolute atomic E-state index is 0.0905. The Hall–Kier alpha value is -3.16. The number of imide groups is 1. The lowest BCUT2D eigenvalue weighted by atomic mass is 9.96. The van der Waals surface area contributed by atoms with Gasteiger partial charge in [0, 0.05) is 18.4 Å². The average molecular weight is 384 g/mol. The largest absolute Gasteiger partial charge is 0.449 e. The summed E-state index contributed by atoms with van der Waals surface area (Å²) in [4.78, 5) is 36.3. The van der Waals surface area contributed by atoms with Crippen molar-refractivity contribution in [3.05, 3.63) is 48.3 Å². The van der Waals surface area contributed by atoms with Crippen LogP contribution >= 0.6 is 0 Å². The first kappa shape index (κ1) is 19.6. The lowest BCUT2D eigenvalue weighted by Gasteiger charge is -2.23. The second-order valence-electron chi connectivity index (χ2n) is 6.84. The number of nitrogens with zero attached hydrogens (tertiary/aromatic N) is 2. The molecule has 8 nitrogen and oxygen atoms in total. The molecule has 1 aromatic heterocycles. The molecular weight excluding hydrogens is 360 g/mol. The first-order valence-corrected chi connectivity index (χ1v) is 9.45. The number of ether oxygens (including phenoxy) is 1. The molecule has 1 saturated carbocycles. The van der Waals surface area contributed by atoms with Gasteiger partial charge in [0.2, 0.25) is 0 Å². The van der Waals surface area contributed by atoms with Crippen molar-refractivity contribution in [3.8, 4) is 5.69 Å². The third-order valence-electron chi connectivity index (χ3n) is 4.70. The molecule has 2 N–H and O–H groups in total. The van der Waals surface area contributed by atoms with E-state index in [-0.39, 0.29) is 6.04 Å². The van der Waals surface area contributed by atoms with E-state index in [0.29, 0.717) is 5.56 Å². The fraction of sp³-hybridized carbons (Fsp3) is 0.400. The summed E-state index contributed by atoms with van der Waals surface area (Å²) in [5, 5.41) is 9.13. The van der Waals surface area contributed by atoms with Crippen LogP contribution in [0.3, 0.4) is 0 Å². The summed E-state index contributed by atoms with van der Waals surface area (Å²) >= 11 is 0. The standard InChI is InChI=1S/C20H24N4O4/c1-14(18(25)23-20(27)22-16-6-3-2-4-7-16)28-19(26)15-8-10-17(11-9-15)24-13-5-12-21-24/h5,8-14,16H,2-4,6-7H2,1H3,(H2,22,23,25,27). The van der Waals surface area contributed by atoms with Crippen LogP contribution in [-0.2, 0) is 9.53 Å². The van der Waals surface area contributed by atoms with Crippen molar-refractivity contribution in [2.45, 2.75) is 51.2 Å². The quantitative estimate of drug-likeness (QED) is 0.772. The minimum Gasteiger partial charge on any atom is -0.449 e. The Labute approximate surface area is 163 Å². The van der Waals surface area contributed by atoms with Gasteiger partial charge in [-0.2, -0.15) is 5.10 Å². The SMILES string of the molecule is CC(OC(=O)c1ccc(-n2cccn2)cc1)C(=O)NC(=O)NC1CCCCC1. The number of aromatic nitrogens is 2. The summed E-state index contributed by atoms with van der Waals surface area (Å²) in [6, 6.07) is 7.99. The molecule has 1 aliphatic carbocycles. The third kappa shape index (κ3) is 5.18. The van der Waals surface area contributed by atoms with E-state index in [2.05, 4.69) is 15.7 Å². The van der Waals surface area contributed by atoms with E-state index in [1.54, 1.807) is 47.4 Å². The maximum Gasteiger partial charge on any atom is 0.338 e. The Morgan fingerprint density at radius 2 is 1.86 bits per heavy atom.